The molecule has 0 bridgehead atoms. The largest absolute Gasteiger partial charge is 0.455 e. The van der Waals surface area contributed by atoms with E-state index in [-0.39, 0.29) is 12.5 Å². The van der Waals surface area contributed by atoms with Gasteiger partial charge in [0, 0.05) is 29.4 Å². The summed E-state index contributed by atoms with van der Waals surface area (Å²) in [5.74, 6) is 6.41. The van der Waals surface area contributed by atoms with Crippen LogP contribution in [0.25, 0.3) is 17.0 Å². The van der Waals surface area contributed by atoms with Crippen LogP contribution in [0.4, 0.5) is 0 Å². The van der Waals surface area contributed by atoms with Crippen molar-refractivity contribution in [3.8, 4) is 11.8 Å². The number of pyridine rings is 1. The number of furan rings is 1. The Kier molecular flexibility index (Phi) is 4.77. The minimum absolute atomic E-state index is 0.0760. The second-order valence-electron chi connectivity index (χ2n) is 5.67. The highest BCUT2D eigenvalue weighted by atomic mass is 32.2. The van der Waals surface area contributed by atoms with E-state index in [2.05, 4.69) is 22.1 Å². The average Bonchev–Trinajstić information content (AvgIpc) is 3.22. The number of nitrogens with one attached hydrogen (secondary N) is 1. The second-order valence-corrected chi connectivity index (χ2v) is 7.39. The van der Waals surface area contributed by atoms with Gasteiger partial charge in [0.2, 0.25) is 0 Å². The Balaban J connectivity index is 1.73. The van der Waals surface area contributed by atoms with Crippen LogP contribution in [0.1, 0.15) is 22.5 Å². The Bertz CT molecular complexity index is 1170. The molecule has 1 aliphatic heterocycles. The predicted molar refractivity (Wildman–Crippen MR) is 109 cm³/mol. The van der Waals surface area contributed by atoms with Crippen molar-refractivity contribution in [2.45, 2.75) is 6.61 Å². The van der Waals surface area contributed by atoms with Crippen molar-refractivity contribution in [1.29, 1.82) is 0 Å². The zero-order valence-corrected chi connectivity index (χ0v) is 15.5. The van der Waals surface area contributed by atoms with E-state index in [0.29, 0.717) is 26.1 Å². The van der Waals surface area contributed by atoms with Crippen molar-refractivity contribution in [2.24, 2.45) is 0 Å². The van der Waals surface area contributed by atoms with E-state index >= 15 is 0 Å². The van der Waals surface area contributed by atoms with Crippen LogP contribution in [0.2, 0.25) is 0 Å². The molecule has 1 amide bonds. The number of thioether (sulfide) groups is 1. The number of fused-ring (bicyclic) bond motifs is 1. The molecule has 3 heterocycles. The van der Waals surface area contributed by atoms with Crippen LogP contribution >= 0.6 is 24.0 Å². The van der Waals surface area contributed by atoms with Crippen LogP contribution in [0.15, 0.2) is 52.0 Å². The Hall–Kier alpha value is -2.92. The number of rotatable bonds is 2. The molecule has 2 N–H and O–H groups in total. The van der Waals surface area contributed by atoms with E-state index < -0.39 is 0 Å². The Morgan fingerprint density at radius 2 is 2.07 bits per heavy atom. The van der Waals surface area contributed by atoms with Gasteiger partial charge in [-0.15, -0.1) is 0 Å². The molecule has 0 aliphatic carbocycles. The summed E-state index contributed by atoms with van der Waals surface area (Å²) in [5, 5.41) is 12.8. The zero-order chi connectivity index (χ0) is 18.8. The molecule has 1 aromatic carbocycles. The van der Waals surface area contributed by atoms with Crippen molar-refractivity contribution in [1.82, 2.24) is 10.3 Å². The highest BCUT2D eigenvalue weighted by molar-refractivity contribution is 8.26. The molecule has 0 radical (unpaired) electrons. The van der Waals surface area contributed by atoms with E-state index in [9.17, 15) is 9.90 Å². The third-order valence-electron chi connectivity index (χ3n) is 3.88. The average molecular weight is 392 g/mol. The fourth-order valence-electron chi connectivity index (χ4n) is 2.61. The summed E-state index contributed by atoms with van der Waals surface area (Å²) < 4.78 is 6.31. The maximum atomic E-state index is 11.8. The Labute approximate surface area is 164 Å². The van der Waals surface area contributed by atoms with E-state index in [1.165, 1.54) is 11.8 Å². The van der Waals surface area contributed by atoms with Crippen molar-refractivity contribution < 1.29 is 14.3 Å². The molecule has 7 heteroatoms. The molecule has 0 unspecified atom stereocenters. The summed E-state index contributed by atoms with van der Waals surface area (Å²) in [5.41, 5.74) is 2.73. The van der Waals surface area contributed by atoms with Gasteiger partial charge in [-0.25, -0.2) is 0 Å². The number of hydrogen-bond acceptors (Lipinski definition) is 6. The maximum Gasteiger partial charge on any atom is 0.263 e. The first-order valence-electron chi connectivity index (χ1n) is 7.97. The molecule has 0 saturated carbocycles. The van der Waals surface area contributed by atoms with Gasteiger partial charge in [-0.05, 0) is 17.7 Å². The highest BCUT2D eigenvalue weighted by Gasteiger charge is 2.22. The van der Waals surface area contributed by atoms with Gasteiger partial charge in [0.1, 0.15) is 10.1 Å². The summed E-state index contributed by atoms with van der Waals surface area (Å²) in [4.78, 5) is 16.5. The topological polar surface area (TPSA) is 75.4 Å². The van der Waals surface area contributed by atoms with Crippen LogP contribution < -0.4 is 5.32 Å². The molecule has 1 aliphatic rings. The van der Waals surface area contributed by atoms with Gasteiger partial charge in [-0.1, -0.05) is 54.0 Å². The lowest BCUT2D eigenvalue weighted by Crippen LogP contribution is -2.17. The number of benzene rings is 1. The van der Waals surface area contributed by atoms with Gasteiger partial charge in [-0.2, -0.15) is 0 Å². The van der Waals surface area contributed by atoms with Gasteiger partial charge in [-0.3, -0.25) is 9.78 Å². The lowest BCUT2D eigenvalue weighted by atomic mass is 10.1. The second kappa shape index (κ2) is 7.37. The van der Waals surface area contributed by atoms with Crippen LogP contribution in [0.3, 0.4) is 0 Å². The number of carbonyl (C=O) groups excluding carboxylic acids is 1. The Morgan fingerprint density at radius 1 is 1.26 bits per heavy atom. The van der Waals surface area contributed by atoms with Crippen LogP contribution in [-0.2, 0) is 11.4 Å². The lowest BCUT2D eigenvalue weighted by molar-refractivity contribution is -0.115. The number of nitrogens with zero attached hydrogens (tertiary/aromatic N) is 1. The SMILES string of the molecule is O=C1NC(=S)S/C1=C\c1cc2cncc(C#Cc3ccccc3CO)c2o1. The van der Waals surface area contributed by atoms with Crippen molar-refractivity contribution in [3.05, 3.63) is 70.1 Å². The fraction of sp³-hybridized carbons (Fsp3) is 0.0500. The van der Waals surface area contributed by atoms with E-state index in [1.54, 1.807) is 24.5 Å². The molecule has 1 saturated heterocycles. The van der Waals surface area contributed by atoms with Gasteiger partial charge in [0.25, 0.3) is 5.91 Å². The first-order chi connectivity index (χ1) is 13.1. The molecule has 0 spiro atoms. The summed E-state index contributed by atoms with van der Waals surface area (Å²) in [7, 11) is 0. The van der Waals surface area contributed by atoms with Crippen LogP contribution in [0.5, 0.6) is 0 Å². The van der Waals surface area contributed by atoms with Gasteiger partial charge >= 0.3 is 0 Å². The molecule has 2 aromatic heterocycles. The van der Waals surface area contributed by atoms with Gasteiger partial charge in [0.05, 0.1) is 17.1 Å². The molecule has 4 rings (SSSR count). The molecular formula is C20H12N2O3S2. The molecule has 5 nitrogen and oxygen atoms in total. The predicted octanol–water partition coefficient (Wildman–Crippen LogP) is 3.21. The molecule has 0 atom stereocenters. The van der Waals surface area contributed by atoms with E-state index in [1.807, 2.05) is 24.3 Å². The number of amides is 1. The smallest absolute Gasteiger partial charge is 0.263 e. The lowest BCUT2D eigenvalue weighted by Gasteiger charge is -1.98. The quantitative estimate of drug-likeness (QED) is 0.396. The summed E-state index contributed by atoms with van der Waals surface area (Å²) >= 11 is 6.19. The first kappa shape index (κ1) is 17.5. The van der Waals surface area contributed by atoms with Gasteiger partial charge < -0.3 is 14.8 Å². The molecular weight excluding hydrogens is 380 g/mol. The van der Waals surface area contributed by atoms with E-state index in [0.717, 1.165) is 16.5 Å². The maximum absolute atomic E-state index is 11.8. The highest BCUT2D eigenvalue weighted by Crippen LogP contribution is 2.29. The minimum atomic E-state index is -0.232. The van der Waals surface area contributed by atoms with Crippen LogP contribution in [0, 0.1) is 11.8 Å². The number of hydrogen-bond donors (Lipinski definition) is 2. The standard InChI is InChI=1S/C20H12N2O3S2/c23-11-14-4-2-1-3-12(14)5-6-13-9-21-10-15-7-16(25-18(13)15)8-17-19(24)22-20(26)27-17/h1-4,7-10,23H,11H2,(H,22,24,26)/b17-8-. The monoisotopic (exact) mass is 392 g/mol. The minimum Gasteiger partial charge on any atom is -0.455 e. The number of aliphatic hydroxyl groups is 1. The molecule has 132 valence electrons. The number of thiocarbonyl (C=S) groups is 1. The van der Waals surface area contributed by atoms with Crippen molar-refractivity contribution in [3.63, 3.8) is 0 Å². The van der Waals surface area contributed by atoms with Crippen molar-refractivity contribution >= 4 is 51.3 Å². The zero-order valence-electron chi connectivity index (χ0n) is 13.9. The number of carbonyl (C=O) groups is 1. The summed E-state index contributed by atoms with van der Waals surface area (Å²) in [6.07, 6.45) is 4.96. The van der Waals surface area contributed by atoms with Gasteiger partial charge in [0.15, 0.2) is 5.58 Å². The Morgan fingerprint density at radius 3 is 2.85 bits per heavy atom. The normalized spacial score (nSPS) is 15.1. The third-order valence-corrected chi connectivity index (χ3v) is 5.04. The first-order valence-corrected chi connectivity index (χ1v) is 9.20. The summed E-state index contributed by atoms with van der Waals surface area (Å²) in [6, 6.07) is 9.21. The van der Waals surface area contributed by atoms with Crippen molar-refractivity contribution in [2.75, 3.05) is 0 Å². The van der Waals surface area contributed by atoms with E-state index in [4.69, 9.17) is 16.6 Å². The summed E-state index contributed by atoms with van der Waals surface area (Å²) in [6.45, 7) is -0.0760. The number of aliphatic hydroxyl groups excluding tert-OH is 1. The van der Waals surface area contributed by atoms with Crippen LogP contribution in [-0.4, -0.2) is 20.3 Å². The molecule has 1 fully saturated rings. The molecule has 27 heavy (non-hydrogen) atoms. The third kappa shape index (κ3) is 3.64. The molecule has 3 aromatic rings. The number of aromatic nitrogens is 1. The fourth-order valence-corrected chi connectivity index (χ4v) is 3.63.